The molecule has 0 fully saturated rings. The molecule has 0 atom stereocenters. The highest BCUT2D eigenvalue weighted by Gasteiger charge is 2.06. The van der Waals surface area contributed by atoms with Crippen LogP contribution in [-0.2, 0) is 5.75 Å². The molecule has 0 bridgehead atoms. The average molecular weight is 313 g/mol. The van der Waals surface area contributed by atoms with Gasteiger partial charge in [-0.05, 0) is 29.8 Å². The van der Waals surface area contributed by atoms with Gasteiger partial charge in [0.25, 0.3) is 0 Å². The van der Waals surface area contributed by atoms with E-state index >= 15 is 0 Å². The van der Waals surface area contributed by atoms with Gasteiger partial charge in [0, 0.05) is 17.4 Å². The maximum absolute atomic E-state index is 11.0. The third-order valence-corrected chi connectivity index (χ3v) is 4.23. The average Bonchev–Trinajstić information content (AvgIpc) is 2.95. The number of nitrogens with two attached hydrogens (primary N) is 1. The van der Waals surface area contributed by atoms with Gasteiger partial charge in [0.1, 0.15) is 5.75 Å². The van der Waals surface area contributed by atoms with Crippen LogP contribution in [0, 0.1) is 0 Å². The number of H-pyrrole nitrogens is 1. The fourth-order valence-corrected chi connectivity index (χ4v) is 2.92. The maximum atomic E-state index is 11.0. The molecule has 6 heteroatoms. The van der Waals surface area contributed by atoms with Crippen LogP contribution in [0.4, 0.5) is 0 Å². The summed E-state index contributed by atoms with van der Waals surface area (Å²) >= 11 is 1.60. The molecule has 0 aliphatic rings. The van der Waals surface area contributed by atoms with Gasteiger partial charge in [-0.1, -0.05) is 23.9 Å². The smallest absolute Gasteiger partial charge is 0.248 e. The topological polar surface area (TPSA) is 81.0 Å². The molecule has 0 saturated heterocycles. The Morgan fingerprint density at radius 2 is 2.05 bits per heavy atom. The Balaban J connectivity index is 1.71. The van der Waals surface area contributed by atoms with E-state index in [4.69, 9.17) is 10.5 Å². The zero-order chi connectivity index (χ0) is 15.5. The Kier molecular flexibility index (Phi) is 4.02. The van der Waals surface area contributed by atoms with Gasteiger partial charge in [-0.2, -0.15) is 0 Å². The van der Waals surface area contributed by atoms with Crippen molar-refractivity contribution in [3.63, 3.8) is 0 Å². The second-order valence-corrected chi connectivity index (χ2v) is 5.74. The van der Waals surface area contributed by atoms with E-state index in [9.17, 15) is 4.79 Å². The molecule has 1 aromatic heterocycles. The Bertz CT molecular complexity index is 812. The summed E-state index contributed by atoms with van der Waals surface area (Å²) in [5, 5.41) is 0.849. The van der Waals surface area contributed by atoms with Crippen LogP contribution in [0.15, 0.2) is 47.6 Å². The first-order valence-corrected chi connectivity index (χ1v) is 7.69. The second-order valence-electron chi connectivity index (χ2n) is 4.77. The summed E-state index contributed by atoms with van der Waals surface area (Å²) in [5.41, 5.74) is 8.71. The van der Waals surface area contributed by atoms with Gasteiger partial charge in [0.05, 0.1) is 18.1 Å². The van der Waals surface area contributed by atoms with Crippen molar-refractivity contribution in [2.45, 2.75) is 10.9 Å². The summed E-state index contributed by atoms with van der Waals surface area (Å²) in [4.78, 5) is 18.8. The molecule has 3 aromatic rings. The number of nitrogens with zero attached hydrogens (tertiary/aromatic N) is 1. The van der Waals surface area contributed by atoms with Crippen molar-refractivity contribution in [3.8, 4) is 5.75 Å². The quantitative estimate of drug-likeness (QED) is 0.710. The van der Waals surface area contributed by atoms with Crippen LogP contribution in [-0.4, -0.2) is 23.0 Å². The van der Waals surface area contributed by atoms with Crippen LogP contribution < -0.4 is 10.5 Å². The molecule has 0 spiro atoms. The van der Waals surface area contributed by atoms with E-state index in [0.29, 0.717) is 5.56 Å². The number of thioether (sulfide) groups is 1. The lowest BCUT2D eigenvalue weighted by Gasteiger charge is -2.00. The lowest BCUT2D eigenvalue weighted by atomic mass is 10.1. The van der Waals surface area contributed by atoms with E-state index in [1.165, 1.54) is 0 Å². The predicted octanol–water partition coefficient (Wildman–Crippen LogP) is 2.96. The van der Waals surface area contributed by atoms with Gasteiger partial charge in [0.2, 0.25) is 5.91 Å². The highest BCUT2D eigenvalue weighted by Crippen LogP contribution is 2.25. The molecule has 3 N–H and O–H groups in total. The number of hydrogen-bond acceptors (Lipinski definition) is 4. The Labute approximate surface area is 131 Å². The summed E-state index contributed by atoms with van der Waals surface area (Å²) in [6.45, 7) is 0. The highest BCUT2D eigenvalue weighted by molar-refractivity contribution is 7.98. The summed E-state index contributed by atoms with van der Waals surface area (Å²) < 4.78 is 5.20. The van der Waals surface area contributed by atoms with Crippen LogP contribution >= 0.6 is 11.8 Å². The molecule has 0 aliphatic carbocycles. The van der Waals surface area contributed by atoms with Crippen molar-refractivity contribution in [2.75, 3.05) is 7.11 Å². The largest absolute Gasteiger partial charge is 0.497 e. The Morgan fingerprint density at radius 3 is 2.73 bits per heavy atom. The van der Waals surface area contributed by atoms with Crippen molar-refractivity contribution < 1.29 is 9.53 Å². The monoisotopic (exact) mass is 313 g/mol. The fraction of sp³-hybridized carbons (Fsp3) is 0.125. The standard InChI is InChI=1S/C16H15N3O2S/c1-21-12-6-7-13-14(8-12)19-16(18-13)22-9-10-2-4-11(5-3-10)15(17)20/h2-8H,9H2,1H3,(H2,17,20)(H,18,19). The molecular formula is C16H15N3O2S. The number of primary amides is 1. The van der Waals surface area contributed by atoms with E-state index in [1.807, 2.05) is 30.3 Å². The normalized spacial score (nSPS) is 10.8. The number of methoxy groups -OCH3 is 1. The number of aromatic nitrogens is 2. The van der Waals surface area contributed by atoms with Gasteiger partial charge in [-0.25, -0.2) is 4.98 Å². The summed E-state index contributed by atoms with van der Waals surface area (Å²) in [7, 11) is 1.64. The number of fused-ring (bicyclic) bond motifs is 1. The summed E-state index contributed by atoms with van der Waals surface area (Å²) in [6.07, 6.45) is 0. The molecule has 1 amide bonds. The van der Waals surface area contributed by atoms with Crippen LogP contribution in [0.5, 0.6) is 5.75 Å². The Morgan fingerprint density at radius 1 is 1.27 bits per heavy atom. The van der Waals surface area contributed by atoms with Crippen molar-refractivity contribution in [3.05, 3.63) is 53.6 Å². The summed E-state index contributed by atoms with van der Waals surface area (Å²) in [5.74, 6) is 1.15. The maximum Gasteiger partial charge on any atom is 0.248 e. The van der Waals surface area contributed by atoms with E-state index in [2.05, 4.69) is 9.97 Å². The number of carbonyl (C=O) groups excluding carboxylic acids is 1. The molecule has 112 valence electrons. The van der Waals surface area contributed by atoms with Crippen LogP contribution in [0.25, 0.3) is 11.0 Å². The zero-order valence-corrected chi connectivity index (χ0v) is 12.8. The number of ether oxygens (including phenoxy) is 1. The first kappa shape index (κ1) is 14.5. The number of imidazole rings is 1. The molecule has 3 rings (SSSR count). The minimum atomic E-state index is -0.412. The van der Waals surface area contributed by atoms with Gasteiger partial charge >= 0.3 is 0 Å². The van der Waals surface area contributed by atoms with Crippen LogP contribution in [0.3, 0.4) is 0 Å². The predicted molar refractivity (Wildman–Crippen MR) is 87.2 cm³/mol. The van der Waals surface area contributed by atoms with Crippen LogP contribution in [0.2, 0.25) is 0 Å². The SMILES string of the molecule is COc1ccc2nc(SCc3ccc(C(N)=O)cc3)[nH]c2c1. The third kappa shape index (κ3) is 3.07. The Hall–Kier alpha value is -2.47. The molecule has 22 heavy (non-hydrogen) atoms. The first-order valence-electron chi connectivity index (χ1n) is 6.71. The van der Waals surface area contributed by atoms with Crippen molar-refractivity contribution in [1.82, 2.24) is 9.97 Å². The van der Waals surface area contributed by atoms with Gasteiger partial charge < -0.3 is 15.5 Å². The molecule has 0 radical (unpaired) electrons. The minimum absolute atomic E-state index is 0.412. The third-order valence-electron chi connectivity index (χ3n) is 3.28. The van der Waals surface area contributed by atoms with E-state index in [-0.39, 0.29) is 0 Å². The number of amides is 1. The number of rotatable bonds is 5. The summed E-state index contributed by atoms with van der Waals surface area (Å²) in [6, 6.07) is 13.0. The van der Waals surface area contributed by atoms with Gasteiger partial charge in [0.15, 0.2) is 5.16 Å². The van der Waals surface area contributed by atoms with Gasteiger partial charge in [-0.3, -0.25) is 4.79 Å². The number of hydrogen-bond donors (Lipinski definition) is 2. The molecule has 1 heterocycles. The minimum Gasteiger partial charge on any atom is -0.497 e. The van der Waals surface area contributed by atoms with Gasteiger partial charge in [-0.15, -0.1) is 0 Å². The lowest BCUT2D eigenvalue weighted by molar-refractivity contribution is 0.100. The molecule has 0 saturated carbocycles. The number of nitrogens with one attached hydrogen (secondary N) is 1. The fourth-order valence-electron chi connectivity index (χ4n) is 2.08. The van der Waals surface area contributed by atoms with Crippen molar-refractivity contribution in [1.29, 1.82) is 0 Å². The highest BCUT2D eigenvalue weighted by atomic mass is 32.2. The molecule has 0 aliphatic heterocycles. The molecule has 2 aromatic carbocycles. The number of carbonyl (C=O) groups is 1. The zero-order valence-electron chi connectivity index (χ0n) is 12.0. The molecule has 5 nitrogen and oxygen atoms in total. The second kappa shape index (κ2) is 6.11. The van der Waals surface area contributed by atoms with E-state index < -0.39 is 5.91 Å². The first-order chi connectivity index (χ1) is 10.7. The van der Waals surface area contributed by atoms with E-state index in [0.717, 1.165) is 33.3 Å². The van der Waals surface area contributed by atoms with Crippen LogP contribution in [0.1, 0.15) is 15.9 Å². The molecule has 0 unspecified atom stereocenters. The molecular weight excluding hydrogens is 298 g/mol. The number of aromatic amines is 1. The lowest BCUT2D eigenvalue weighted by Crippen LogP contribution is -2.10. The van der Waals surface area contributed by atoms with E-state index in [1.54, 1.807) is 31.0 Å². The van der Waals surface area contributed by atoms with Crippen molar-refractivity contribution >= 4 is 28.7 Å². The number of benzene rings is 2. The van der Waals surface area contributed by atoms with Crippen molar-refractivity contribution in [2.24, 2.45) is 5.73 Å².